The number of benzene rings is 2. The smallest absolute Gasteiger partial charge is 0.230 e. The average Bonchev–Trinajstić information content (AvgIpc) is 3.24. The fourth-order valence-electron chi connectivity index (χ4n) is 3.61. The number of carbonyl (C=O) groups is 1. The SMILES string of the molecule is COc1ccc(-c2nnc(NC(=O)[C@H]3CCCN(Cc4ccccc4Cl)C3)s2)cc1. The lowest BCUT2D eigenvalue weighted by atomic mass is 9.97. The highest BCUT2D eigenvalue weighted by Crippen LogP contribution is 2.29. The summed E-state index contributed by atoms with van der Waals surface area (Å²) in [5.74, 6) is 0.710. The van der Waals surface area contributed by atoms with Crippen LogP contribution in [-0.4, -0.2) is 41.2 Å². The summed E-state index contributed by atoms with van der Waals surface area (Å²) in [5, 5.41) is 13.4. The molecular weight excluding hydrogens is 420 g/mol. The molecule has 1 aliphatic rings. The Morgan fingerprint density at radius 1 is 1.23 bits per heavy atom. The molecule has 156 valence electrons. The van der Waals surface area contributed by atoms with Crippen LogP contribution in [0.2, 0.25) is 5.02 Å². The number of rotatable bonds is 6. The summed E-state index contributed by atoms with van der Waals surface area (Å²) in [6.45, 7) is 2.43. The Bertz CT molecular complexity index is 1010. The zero-order valence-corrected chi connectivity index (χ0v) is 18.2. The predicted molar refractivity (Wildman–Crippen MR) is 120 cm³/mol. The highest BCUT2D eigenvalue weighted by molar-refractivity contribution is 7.18. The van der Waals surface area contributed by atoms with Crippen molar-refractivity contribution in [3.05, 3.63) is 59.1 Å². The number of methoxy groups -OCH3 is 1. The molecule has 30 heavy (non-hydrogen) atoms. The number of anilines is 1. The molecule has 1 fully saturated rings. The van der Waals surface area contributed by atoms with E-state index in [9.17, 15) is 4.79 Å². The highest BCUT2D eigenvalue weighted by Gasteiger charge is 2.27. The van der Waals surface area contributed by atoms with E-state index in [0.29, 0.717) is 11.7 Å². The lowest BCUT2D eigenvalue weighted by Gasteiger charge is -2.32. The third kappa shape index (κ3) is 4.98. The quantitative estimate of drug-likeness (QED) is 0.598. The van der Waals surface area contributed by atoms with Gasteiger partial charge in [0.2, 0.25) is 11.0 Å². The molecule has 1 atom stereocenters. The molecule has 0 radical (unpaired) electrons. The van der Waals surface area contributed by atoms with Crippen molar-refractivity contribution < 1.29 is 9.53 Å². The fraction of sp³-hybridized carbons (Fsp3) is 0.318. The van der Waals surface area contributed by atoms with Gasteiger partial charge in [-0.1, -0.05) is 41.1 Å². The monoisotopic (exact) mass is 442 g/mol. The second-order valence-electron chi connectivity index (χ2n) is 7.30. The van der Waals surface area contributed by atoms with Crippen LogP contribution < -0.4 is 10.1 Å². The maximum Gasteiger partial charge on any atom is 0.230 e. The molecule has 1 aromatic heterocycles. The second-order valence-corrected chi connectivity index (χ2v) is 8.68. The van der Waals surface area contributed by atoms with E-state index < -0.39 is 0 Å². The minimum absolute atomic E-state index is 0.00344. The number of piperidine rings is 1. The number of ether oxygens (including phenoxy) is 1. The van der Waals surface area contributed by atoms with Crippen molar-refractivity contribution in [3.63, 3.8) is 0 Å². The number of likely N-dealkylation sites (tertiary alicyclic amines) is 1. The highest BCUT2D eigenvalue weighted by atomic mass is 35.5. The summed E-state index contributed by atoms with van der Waals surface area (Å²) in [5.41, 5.74) is 2.03. The number of carbonyl (C=O) groups excluding carboxylic acids is 1. The van der Waals surface area contributed by atoms with E-state index in [-0.39, 0.29) is 11.8 Å². The lowest BCUT2D eigenvalue weighted by molar-refractivity contribution is -0.121. The van der Waals surface area contributed by atoms with Gasteiger partial charge >= 0.3 is 0 Å². The summed E-state index contributed by atoms with van der Waals surface area (Å²) in [6.07, 6.45) is 1.85. The van der Waals surface area contributed by atoms with Gasteiger partial charge in [0.15, 0.2) is 0 Å². The van der Waals surface area contributed by atoms with E-state index in [1.54, 1.807) is 7.11 Å². The van der Waals surface area contributed by atoms with E-state index in [4.69, 9.17) is 16.3 Å². The normalized spacial score (nSPS) is 16.9. The van der Waals surface area contributed by atoms with Gasteiger partial charge in [-0.3, -0.25) is 9.69 Å². The molecule has 2 aromatic carbocycles. The fourth-order valence-corrected chi connectivity index (χ4v) is 4.56. The van der Waals surface area contributed by atoms with Gasteiger partial charge in [-0.25, -0.2) is 0 Å². The van der Waals surface area contributed by atoms with Crippen LogP contribution in [0.4, 0.5) is 5.13 Å². The van der Waals surface area contributed by atoms with E-state index >= 15 is 0 Å². The van der Waals surface area contributed by atoms with Crippen LogP contribution in [0.3, 0.4) is 0 Å². The van der Waals surface area contributed by atoms with Gasteiger partial charge < -0.3 is 10.1 Å². The van der Waals surface area contributed by atoms with Crippen molar-refractivity contribution in [2.45, 2.75) is 19.4 Å². The van der Waals surface area contributed by atoms with E-state index in [1.165, 1.54) is 11.3 Å². The van der Waals surface area contributed by atoms with Crippen molar-refractivity contribution >= 4 is 34.0 Å². The number of halogens is 1. The zero-order chi connectivity index (χ0) is 20.9. The van der Waals surface area contributed by atoms with Gasteiger partial charge in [-0.05, 0) is 55.3 Å². The van der Waals surface area contributed by atoms with E-state index in [2.05, 4.69) is 20.4 Å². The molecule has 2 heterocycles. The minimum atomic E-state index is -0.0745. The Balaban J connectivity index is 1.36. The molecule has 1 amide bonds. The first-order valence-electron chi connectivity index (χ1n) is 9.87. The minimum Gasteiger partial charge on any atom is -0.497 e. The Hall–Kier alpha value is -2.48. The lowest BCUT2D eigenvalue weighted by Crippen LogP contribution is -2.40. The number of hydrogen-bond donors (Lipinski definition) is 1. The summed E-state index contributed by atoms with van der Waals surface area (Å²) >= 11 is 7.66. The molecule has 0 bridgehead atoms. The van der Waals surface area contributed by atoms with Crippen molar-refractivity contribution in [1.82, 2.24) is 15.1 Å². The van der Waals surface area contributed by atoms with Gasteiger partial charge in [0.25, 0.3) is 0 Å². The summed E-state index contributed by atoms with van der Waals surface area (Å²) < 4.78 is 5.18. The van der Waals surface area contributed by atoms with Crippen LogP contribution in [0.15, 0.2) is 48.5 Å². The molecule has 6 nitrogen and oxygen atoms in total. The van der Waals surface area contributed by atoms with Gasteiger partial charge in [0.05, 0.1) is 13.0 Å². The van der Waals surface area contributed by atoms with Crippen LogP contribution in [0.5, 0.6) is 5.75 Å². The predicted octanol–water partition coefficient (Wildman–Crippen LogP) is 4.72. The number of hydrogen-bond acceptors (Lipinski definition) is 6. The van der Waals surface area contributed by atoms with Crippen LogP contribution in [0, 0.1) is 5.92 Å². The van der Waals surface area contributed by atoms with Crippen molar-refractivity contribution in [3.8, 4) is 16.3 Å². The number of amides is 1. The molecule has 0 unspecified atom stereocenters. The largest absolute Gasteiger partial charge is 0.497 e. The molecule has 1 aliphatic heterocycles. The van der Waals surface area contributed by atoms with Crippen LogP contribution in [0.25, 0.3) is 10.6 Å². The number of nitrogens with one attached hydrogen (secondary N) is 1. The Morgan fingerprint density at radius 3 is 2.80 bits per heavy atom. The second kappa shape index (κ2) is 9.55. The Morgan fingerprint density at radius 2 is 2.03 bits per heavy atom. The van der Waals surface area contributed by atoms with Gasteiger partial charge in [0.1, 0.15) is 10.8 Å². The average molecular weight is 443 g/mol. The topological polar surface area (TPSA) is 67.4 Å². The Labute approximate surface area is 184 Å². The molecule has 3 aromatic rings. The van der Waals surface area contributed by atoms with Gasteiger partial charge in [-0.2, -0.15) is 0 Å². The van der Waals surface area contributed by atoms with Gasteiger partial charge in [0, 0.05) is 23.7 Å². The molecule has 0 saturated carbocycles. The van der Waals surface area contributed by atoms with Crippen molar-refractivity contribution in [2.75, 3.05) is 25.5 Å². The molecule has 4 rings (SSSR count). The molecule has 1 N–H and O–H groups in total. The number of aromatic nitrogens is 2. The summed E-state index contributed by atoms with van der Waals surface area (Å²) in [7, 11) is 1.63. The molecule has 8 heteroatoms. The molecule has 1 saturated heterocycles. The van der Waals surface area contributed by atoms with E-state index in [1.807, 2.05) is 48.5 Å². The van der Waals surface area contributed by atoms with E-state index in [0.717, 1.165) is 52.8 Å². The maximum absolute atomic E-state index is 12.8. The Kier molecular flexibility index (Phi) is 6.62. The first kappa shape index (κ1) is 20.8. The third-order valence-corrected chi connectivity index (χ3v) is 6.48. The maximum atomic E-state index is 12.8. The van der Waals surface area contributed by atoms with Crippen LogP contribution >= 0.6 is 22.9 Å². The molecule has 0 aliphatic carbocycles. The van der Waals surface area contributed by atoms with Gasteiger partial charge in [-0.15, -0.1) is 10.2 Å². The zero-order valence-electron chi connectivity index (χ0n) is 16.7. The summed E-state index contributed by atoms with van der Waals surface area (Å²) in [6, 6.07) is 15.5. The summed E-state index contributed by atoms with van der Waals surface area (Å²) in [4.78, 5) is 15.1. The van der Waals surface area contributed by atoms with Crippen molar-refractivity contribution in [2.24, 2.45) is 5.92 Å². The van der Waals surface area contributed by atoms with Crippen LogP contribution in [-0.2, 0) is 11.3 Å². The molecular formula is C22H23ClN4O2S. The van der Waals surface area contributed by atoms with Crippen LogP contribution in [0.1, 0.15) is 18.4 Å². The number of nitrogens with zero attached hydrogens (tertiary/aromatic N) is 3. The first-order valence-corrected chi connectivity index (χ1v) is 11.1. The first-order chi connectivity index (χ1) is 14.6. The third-order valence-electron chi connectivity index (χ3n) is 5.22. The molecule has 0 spiro atoms. The standard InChI is InChI=1S/C22H23ClN4O2S/c1-29-18-10-8-15(9-11-18)21-25-26-22(30-21)24-20(28)17-6-4-12-27(14-17)13-16-5-2-3-7-19(16)23/h2-3,5,7-11,17H,4,6,12-14H2,1H3,(H,24,26,28)/t17-/m0/s1. The van der Waals surface area contributed by atoms with Crippen molar-refractivity contribution in [1.29, 1.82) is 0 Å².